The normalized spacial score (nSPS) is 11.8. The predicted molar refractivity (Wildman–Crippen MR) is 89.3 cm³/mol. The Labute approximate surface area is 153 Å². The van der Waals surface area contributed by atoms with Crippen LogP contribution in [0.2, 0.25) is 10.0 Å². The molecule has 0 aliphatic heterocycles. The van der Waals surface area contributed by atoms with Gasteiger partial charge in [0.2, 0.25) is 0 Å². The Morgan fingerprint density at radius 3 is 2.31 bits per heavy atom. The first-order chi connectivity index (χ1) is 12.1. The highest BCUT2D eigenvalue weighted by molar-refractivity contribution is 6.38. The molecule has 0 bridgehead atoms. The van der Waals surface area contributed by atoms with Gasteiger partial charge in [-0.2, -0.15) is 18.3 Å². The zero-order chi connectivity index (χ0) is 19.2. The number of methoxy groups -OCH3 is 1. The lowest BCUT2D eigenvalue weighted by Crippen LogP contribution is -2.07. The van der Waals surface area contributed by atoms with Gasteiger partial charge in [-0.3, -0.25) is 10.1 Å². The van der Waals surface area contributed by atoms with E-state index >= 15 is 0 Å². The molecule has 0 fully saturated rings. The summed E-state index contributed by atoms with van der Waals surface area (Å²) in [4.78, 5) is 10.5. The van der Waals surface area contributed by atoms with Crippen molar-refractivity contribution < 1.29 is 22.8 Å². The summed E-state index contributed by atoms with van der Waals surface area (Å²) in [5.74, 6) is -0.0385. The SMILES string of the molecule is COc1cc2c(cnn2-c2c(Cl)cc(C(F)(F)F)cc2Cl)cc1[N+](=O)[O-]. The lowest BCUT2D eigenvalue weighted by Gasteiger charge is -2.13. The van der Waals surface area contributed by atoms with Crippen LogP contribution in [-0.4, -0.2) is 21.8 Å². The molecule has 0 radical (unpaired) electrons. The Morgan fingerprint density at radius 1 is 1.19 bits per heavy atom. The fraction of sp³-hybridized carbons (Fsp3) is 0.133. The Balaban J connectivity index is 2.25. The van der Waals surface area contributed by atoms with Gasteiger partial charge in [0.15, 0.2) is 5.75 Å². The monoisotopic (exact) mass is 405 g/mol. The molecule has 1 heterocycles. The largest absolute Gasteiger partial charge is 0.490 e. The second-order valence-corrected chi connectivity index (χ2v) is 6.00. The van der Waals surface area contributed by atoms with E-state index in [1.54, 1.807) is 0 Å². The lowest BCUT2D eigenvalue weighted by molar-refractivity contribution is -0.385. The Hall–Kier alpha value is -2.52. The zero-order valence-electron chi connectivity index (χ0n) is 12.8. The third kappa shape index (κ3) is 3.04. The molecule has 0 N–H and O–H groups in total. The van der Waals surface area contributed by atoms with Crippen molar-refractivity contribution in [3.05, 3.63) is 56.2 Å². The molecule has 0 spiro atoms. The van der Waals surface area contributed by atoms with Crippen molar-refractivity contribution in [1.29, 1.82) is 0 Å². The maximum absolute atomic E-state index is 12.9. The number of aromatic nitrogens is 2. The fourth-order valence-corrected chi connectivity index (χ4v) is 3.11. The predicted octanol–water partition coefficient (Wildman–Crippen LogP) is 5.27. The van der Waals surface area contributed by atoms with Crippen LogP contribution in [0.3, 0.4) is 0 Å². The molecule has 0 saturated heterocycles. The highest BCUT2D eigenvalue weighted by atomic mass is 35.5. The number of nitro benzene ring substituents is 1. The smallest absolute Gasteiger partial charge is 0.416 e. The van der Waals surface area contributed by atoms with Crippen LogP contribution in [0, 0.1) is 10.1 Å². The van der Waals surface area contributed by atoms with Crippen LogP contribution >= 0.6 is 23.2 Å². The number of rotatable bonds is 3. The summed E-state index contributed by atoms with van der Waals surface area (Å²) < 4.78 is 44.8. The van der Waals surface area contributed by atoms with Crippen molar-refractivity contribution in [1.82, 2.24) is 9.78 Å². The number of benzene rings is 2. The Kier molecular flexibility index (Phi) is 4.45. The van der Waals surface area contributed by atoms with Crippen molar-refractivity contribution >= 4 is 39.8 Å². The van der Waals surface area contributed by atoms with Crippen molar-refractivity contribution in [3.63, 3.8) is 0 Å². The van der Waals surface area contributed by atoms with Gasteiger partial charge in [0.1, 0.15) is 5.69 Å². The van der Waals surface area contributed by atoms with E-state index in [0.717, 1.165) is 12.1 Å². The molecule has 0 unspecified atom stereocenters. The highest BCUT2D eigenvalue weighted by Gasteiger charge is 2.32. The number of nitro groups is 1. The molecule has 11 heteroatoms. The molecular weight excluding hydrogens is 398 g/mol. The van der Waals surface area contributed by atoms with Gasteiger partial charge < -0.3 is 4.74 Å². The van der Waals surface area contributed by atoms with E-state index in [4.69, 9.17) is 27.9 Å². The van der Waals surface area contributed by atoms with E-state index in [-0.39, 0.29) is 27.2 Å². The average Bonchev–Trinajstić information content (AvgIpc) is 2.94. The standard InChI is InChI=1S/C15H8Cl2F3N3O3/c1-26-13-5-11-7(2-12(13)23(24)25)6-21-22(11)14-9(16)3-8(4-10(14)17)15(18,19)20/h2-6H,1H3. The number of halogens is 5. The van der Waals surface area contributed by atoms with E-state index < -0.39 is 16.7 Å². The maximum atomic E-state index is 12.9. The van der Waals surface area contributed by atoms with Gasteiger partial charge in [-0.1, -0.05) is 23.2 Å². The number of ether oxygens (including phenoxy) is 1. The quantitative estimate of drug-likeness (QED) is 0.439. The molecule has 0 aliphatic carbocycles. The van der Waals surface area contributed by atoms with Crippen molar-refractivity contribution in [2.24, 2.45) is 0 Å². The van der Waals surface area contributed by atoms with Gasteiger partial charge in [0.05, 0.1) is 39.4 Å². The third-order valence-electron chi connectivity index (χ3n) is 3.62. The second kappa shape index (κ2) is 6.33. The minimum atomic E-state index is -4.61. The topological polar surface area (TPSA) is 70.2 Å². The van der Waals surface area contributed by atoms with E-state index in [0.29, 0.717) is 10.9 Å². The molecule has 0 aliphatic rings. The molecule has 136 valence electrons. The molecule has 0 saturated carbocycles. The van der Waals surface area contributed by atoms with Gasteiger partial charge in [-0.25, -0.2) is 4.68 Å². The fourth-order valence-electron chi connectivity index (χ4n) is 2.46. The maximum Gasteiger partial charge on any atom is 0.416 e. The van der Waals surface area contributed by atoms with Crippen molar-refractivity contribution in [3.8, 4) is 11.4 Å². The lowest BCUT2D eigenvalue weighted by atomic mass is 10.2. The van der Waals surface area contributed by atoms with E-state index in [1.807, 2.05) is 0 Å². The van der Waals surface area contributed by atoms with Crippen LogP contribution in [0.1, 0.15) is 5.56 Å². The van der Waals surface area contributed by atoms with Gasteiger partial charge in [-0.15, -0.1) is 0 Å². The van der Waals surface area contributed by atoms with Crippen LogP contribution in [0.15, 0.2) is 30.5 Å². The third-order valence-corrected chi connectivity index (χ3v) is 4.20. The number of alkyl halides is 3. The van der Waals surface area contributed by atoms with E-state index in [2.05, 4.69) is 5.10 Å². The average molecular weight is 406 g/mol. The van der Waals surface area contributed by atoms with E-state index in [9.17, 15) is 23.3 Å². The second-order valence-electron chi connectivity index (χ2n) is 5.18. The van der Waals surface area contributed by atoms with Crippen LogP contribution in [-0.2, 0) is 6.18 Å². The van der Waals surface area contributed by atoms with Crippen LogP contribution in [0.5, 0.6) is 5.75 Å². The summed E-state index contributed by atoms with van der Waals surface area (Å²) in [6.07, 6.45) is -3.30. The number of fused-ring (bicyclic) bond motifs is 1. The molecular formula is C15H8Cl2F3N3O3. The first-order valence-electron chi connectivity index (χ1n) is 6.90. The zero-order valence-corrected chi connectivity index (χ0v) is 14.4. The first kappa shape index (κ1) is 18.3. The summed E-state index contributed by atoms with van der Waals surface area (Å²) in [7, 11) is 1.26. The molecule has 0 atom stereocenters. The molecule has 3 rings (SSSR count). The summed E-state index contributed by atoms with van der Waals surface area (Å²) in [6.45, 7) is 0. The molecule has 1 aromatic heterocycles. The Morgan fingerprint density at radius 2 is 1.81 bits per heavy atom. The van der Waals surface area contributed by atoms with Crippen molar-refractivity contribution in [2.75, 3.05) is 7.11 Å². The summed E-state index contributed by atoms with van der Waals surface area (Å²) in [5.41, 5.74) is -0.923. The summed E-state index contributed by atoms with van der Waals surface area (Å²) in [5, 5.41) is 15.0. The van der Waals surface area contributed by atoms with Gasteiger partial charge in [0.25, 0.3) is 0 Å². The van der Waals surface area contributed by atoms with Crippen molar-refractivity contribution in [2.45, 2.75) is 6.18 Å². The highest BCUT2D eigenvalue weighted by Crippen LogP contribution is 2.39. The van der Waals surface area contributed by atoms with Gasteiger partial charge in [-0.05, 0) is 12.1 Å². The number of nitrogens with zero attached hydrogens (tertiary/aromatic N) is 3. The van der Waals surface area contributed by atoms with Crippen LogP contribution < -0.4 is 4.74 Å². The van der Waals surface area contributed by atoms with E-state index in [1.165, 1.54) is 30.1 Å². The summed E-state index contributed by atoms with van der Waals surface area (Å²) in [6, 6.07) is 4.05. The van der Waals surface area contributed by atoms with Crippen LogP contribution in [0.25, 0.3) is 16.6 Å². The number of hydrogen-bond donors (Lipinski definition) is 0. The minimum Gasteiger partial charge on any atom is -0.490 e. The molecule has 2 aromatic carbocycles. The van der Waals surface area contributed by atoms with Gasteiger partial charge >= 0.3 is 11.9 Å². The molecule has 26 heavy (non-hydrogen) atoms. The summed E-state index contributed by atoms with van der Waals surface area (Å²) >= 11 is 12.0. The minimum absolute atomic E-state index is 0.0206. The Bertz CT molecular complexity index is 1010. The van der Waals surface area contributed by atoms with Crippen LogP contribution in [0.4, 0.5) is 18.9 Å². The molecule has 3 aromatic rings. The number of hydrogen-bond acceptors (Lipinski definition) is 4. The van der Waals surface area contributed by atoms with Gasteiger partial charge in [0, 0.05) is 17.5 Å². The molecule has 0 amide bonds. The molecule has 6 nitrogen and oxygen atoms in total. The first-order valence-corrected chi connectivity index (χ1v) is 7.66.